The van der Waals surface area contributed by atoms with Gasteiger partial charge in [0.25, 0.3) is 11.8 Å². The number of carbonyl (C=O) groups excluding carboxylic acids is 1. The number of amides is 1. The molecule has 0 aliphatic carbocycles. The molecule has 2 aromatic rings. The van der Waals surface area contributed by atoms with Crippen molar-refractivity contribution >= 4 is 5.91 Å². The number of aromatic nitrogens is 1. The molecule has 1 amide bonds. The number of nitrogens with zero attached hydrogens (tertiary/aromatic N) is 3. The monoisotopic (exact) mass is 353 g/mol. The zero-order chi connectivity index (χ0) is 17.9. The van der Waals surface area contributed by atoms with E-state index >= 15 is 0 Å². The van der Waals surface area contributed by atoms with E-state index in [-0.39, 0.29) is 5.91 Å². The Morgan fingerprint density at radius 1 is 1.12 bits per heavy atom. The molecule has 4 rings (SSSR count). The van der Waals surface area contributed by atoms with Gasteiger partial charge in [0.1, 0.15) is 18.9 Å². The maximum atomic E-state index is 12.9. The van der Waals surface area contributed by atoms with Gasteiger partial charge < -0.3 is 14.4 Å². The molecule has 1 saturated heterocycles. The highest BCUT2D eigenvalue weighted by Crippen LogP contribution is 2.28. The molecule has 0 saturated carbocycles. The molecule has 1 aromatic carbocycles. The van der Waals surface area contributed by atoms with Crippen molar-refractivity contribution in [2.45, 2.75) is 12.5 Å². The molecule has 0 radical (unpaired) electrons. The first-order valence-electron chi connectivity index (χ1n) is 9.01. The second kappa shape index (κ2) is 7.33. The lowest BCUT2D eigenvalue weighted by molar-refractivity contribution is 0.0540. The van der Waals surface area contributed by atoms with E-state index in [0.29, 0.717) is 49.7 Å². The van der Waals surface area contributed by atoms with Crippen LogP contribution < -0.4 is 9.47 Å². The van der Waals surface area contributed by atoms with Crippen LogP contribution in [0.2, 0.25) is 0 Å². The van der Waals surface area contributed by atoms with Gasteiger partial charge in [0.15, 0.2) is 5.75 Å². The lowest BCUT2D eigenvalue weighted by atomic mass is 10.0. The van der Waals surface area contributed by atoms with Crippen molar-refractivity contribution in [3.63, 3.8) is 0 Å². The van der Waals surface area contributed by atoms with Crippen LogP contribution in [-0.4, -0.2) is 66.6 Å². The standard InChI is InChI=1S/C20H23N3O3/c1-22-9-10-23(14-16(22)13-15-5-3-2-4-6-15)20(24)17-7-8-18-19(21-17)26-12-11-25-18/h2-8,16H,9-14H2,1H3. The predicted octanol–water partition coefficient (Wildman–Crippen LogP) is 1.85. The van der Waals surface area contributed by atoms with Crippen molar-refractivity contribution in [1.82, 2.24) is 14.8 Å². The van der Waals surface area contributed by atoms with Crippen LogP contribution in [0.5, 0.6) is 11.6 Å². The first-order chi connectivity index (χ1) is 12.7. The molecule has 3 heterocycles. The summed E-state index contributed by atoms with van der Waals surface area (Å²) in [7, 11) is 2.12. The summed E-state index contributed by atoms with van der Waals surface area (Å²) in [5.41, 5.74) is 1.70. The fourth-order valence-corrected chi connectivity index (χ4v) is 3.45. The molecular formula is C20H23N3O3. The van der Waals surface area contributed by atoms with Crippen LogP contribution in [0.25, 0.3) is 0 Å². The maximum Gasteiger partial charge on any atom is 0.272 e. The summed E-state index contributed by atoms with van der Waals surface area (Å²) >= 11 is 0. The molecule has 2 aliphatic heterocycles. The molecule has 1 unspecified atom stereocenters. The molecule has 136 valence electrons. The lowest BCUT2D eigenvalue weighted by Crippen LogP contribution is -2.54. The number of fused-ring (bicyclic) bond motifs is 1. The minimum Gasteiger partial charge on any atom is -0.484 e. The molecule has 6 nitrogen and oxygen atoms in total. The van der Waals surface area contributed by atoms with E-state index in [2.05, 4.69) is 41.2 Å². The summed E-state index contributed by atoms with van der Waals surface area (Å²) < 4.78 is 11.0. The number of hydrogen-bond donors (Lipinski definition) is 0. The quantitative estimate of drug-likeness (QED) is 0.843. The number of likely N-dealkylation sites (N-methyl/N-ethyl adjacent to an activating group) is 1. The van der Waals surface area contributed by atoms with Gasteiger partial charge in [0, 0.05) is 25.7 Å². The average Bonchev–Trinajstić information content (AvgIpc) is 2.69. The molecule has 1 fully saturated rings. The van der Waals surface area contributed by atoms with Crippen LogP contribution >= 0.6 is 0 Å². The fraction of sp³-hybridized carbons (Fsp3) is 0.400. The summed E-state index contributed by atoms with van der Waals surface area (Å²) in [6.07, 6.45) is 0.926. The van der Waals surface area contributed by atoms with E-state index < -0.39 is 0 Å². The van der Waals surface area contributed by atoms with Gasteiger partial charge in [0.2, 0.25) is 0 Å². The Labute approximate surface area is 153 Å². The van der Waals surface area contributed by atoms with Crippen molar-refractivity contribution in [2.24, 2.45) is 0 Å². The molecule has 0 bridgehead atoms. The van der Waals surface area contributed by atoms with Crippen LogP contribution in [0.3, 0.4) is 0 Å². The third-order valence-corrected chi connectivity index (χ3v) is 5.00. The highest BCUT2D eigenvalue weighted by atomic mass is 16.6. The van der Waals surface area contributed by atoms with Crippen molar-refractivity contribution in [3.05, 3.63) is 53.7 Å². The molecule has 1 aromatic heterocycles. The van der Waals surface area contributed by atoms with Crippen LogP contribution in [0.4, 0.5) is 0 Å². The zero-order valence-corrected chi connectivity index (χ0v) is 14.9. The number of pyridine rings is 1. The SMILES string of the molecule is CN1CCN(C(=O)c2ccc3c(n2)OCCO3)CC1Cc1ccccc1. The van der Waals surface area contributed by atoms with Gasteiger partial charge in [0.05, 0.1) is 0 Å². The normalized spacial score (nSPS) is 20.0. The topological polar surface area (TPSA) is 54.9 Å². The Morgan fingerprint density at radius 2 is 1.92 bits per heavy atom. The molecule has 0 spiro atoms. The van der Waals surface area contributed by atoms with Crippen molar-refractivity contribution in [1.29, 1.82) is 0 Å². The third kappa shape index (κ3) is 3.51. The Hall–Kier alpha value is -2.60. The smallest absolute Gasteiger partial charge is 0.272 e. The number of benzene rings is 1. The lowest BCUT2D eigenvalue weighted by Gasteiger charge is -2.39. The highest BCUT2D eigenvalue weighted by Gasteiger charge is 2.29. The van der Waals surface area contributed by atoms with Crippen LogP contribution in [-0.2, 0) is 6.42 Å². The summed E-state index contributed by atoms with van der Waals surface area (Å²) in [6.45, 7) is 3.23. The first-order valence-corrected chi connectivity index (χ1v) is 9.01. The second-order valence-corrected chi connectivity index (χ2v) is 6.77. The van der Waals surface area contributed by atoms with Gasteiger partial charge in [-0.05, 0) is 31.2 Å². The molecule has 1 atom stereocenters. The first kappa shape index (κ1) is 16.8. The third-order valence-electron chi connectivity index (χ3n) is 5.00. The maximum absolute atomic E-state index is 12.9. The van der Waals surface area contributed by atoms with Gasteiger partial charge in [-0.1, -0.05) is 30.3 Å². The van der Waals surface area contributed by atoms with Crippen molar-refractivity contribution < 1.29 is 14.3 Å². The van der Waals surface area contributed by atoms with Crippen LogP contribution in [0, 0.1) is 0 Å². The van der Waals surface area contributed by atoms with Crippen LogP contribution in [0.15, 0.2) is 42.5 Å². The van der Waals surface area contributed by atoms with E-state index in [1.165, 1.54) is 5.56 Å². The Kier molecular flexibility index (Phi) is 4.75. The second-order valence-electron chi connectivity index (χ2n) is 6.77. The molecule has 6 heteroatoms. The Morgan fingerprint density at radius 3 is 2.77 bits per heavy atom. The molecule has 26 heavy (non-hydrogen) atoms. The summed E-state index contributed by atoms with van der Waals surface area (Å²) in [6, 6.07) is 14.2. The fourth-order valence-electron chi connectivity index (χ4n) is 3.45. The average molecular weight is 353 g/mol. The molecule has 2 aliphatic rings. The van der Waals surface area contributed by atoms with Gasteiger partial charge in [-0.25, -0.2) is 4.98 Å². The van der Waals surface area contributed by atoms with Gasteiger partial charge >= 0.3 is 0 Å². The summed E-state index contributed by atoms with van der Waals surface area (Å²) in [4.78, 5) is 21.5. The Balaban J connectivity index is 1.47. The molecule has 0 N–H and O–H groups in total. The van der Waals surface area contributed by atoms with E-state index in [1.807, 2.05) is 11.0 Å². The largest absolute Gasteiger partial charge is 0.484 e. The number of rotatable bonds is 3. The molecular weight excluding hydrogens is 330 g/mol. The number of ether oxygens (including phenoxy) is 2. The minimum atomic E-state index is -0.0480. The van der Waals surface area contributed by atoms with Crippen LogP contribution in [0.1, 0.15) is 16.1 Å². The highest BCUT2D eigenvalue weighted by molar-refractivity contribution is 5.92. The van der Waals surface area contributed by atoms with E-state index in [1.54, 1.807) is 12.1 Å². The minimum absolute atomic E-state index is 0.0480. The number of carbonyl (C=O) groups is 1. The van der Waals surface area contributed by atoms with Crippen molar-refractivity contribution in [2.75, 3.05) is 39.9 Å². The zero-order valence-electron chi connectivity index (χ0n) is 14.9. The Bertz CT molecular complexity index is 781. The van der Waals surface area contributed by atoms with E-state index in [9.17, 15) is 4.79 Å². The van der Waals surface area contributed by atoms with Crippen molar-refractivity contribution in [3.8, 4) is 11.6 Å². The van der Waals surface area contributed by atoms with E-state index in [4.69, 9.17) is 9.47 Å². The van der Waals surface area contributed by atoms with Gasteiger partial charge in [-0.3, -0.25) is 9.69 Å². The van der Waals surface area contributed by atoms with Gasteiger partial charge in [-0.2, -0.15) is 0 Å². The van der Waals surface area contributed by atoms with E-state index in [0.717, 1.165) is 13.0 Å². The predicted molar refractivity (Wildman–Crippen MR) is 97.7 cm³/mol. The van der Waals surface area contributed by atoms with Gasteiger partial charge in [-0.15, -0.1) is 0 Å². The number of piperazine rings is 1. The summed E-state index contributed by atoms with van der Waals surface area (Å²) in [5, 5.41) is 0. The number of hydrogen-bond acceptors (Lipinski definition) is 5. The summed E-state index contributed by atoms with van der Waals surface area (Å²) in [5.74, 6) is 0.971.